The summed E-state index contributed by atoms with van der Waals surface area (Å²) in [5, 5.41) is 4.46. The molecule has 0 saturated carbocycles. The monoisotopic (exact) mass is 426 g/mol. The first-order valence-electron chi connectivity index (χ1n) is 10.0. The Hall–Kier alpha value is -1.66. The van der Waals surface area contributed by atoms with E-state index < -0.39 is 0 Å². The first-order valence-corrected chi connectivity index (χ1v) is 11.2. The fourth-order valence-corrected chi connectivity index (χ4v) is 3.62. The van der Waals surface area contributed by atoms with Crippen molar-refractivity contribution in [3.63, 3.8) is 0 Å². The smallest absolute Gasteiger partial charge is 0.269 e. The second kappa shape index (κ2) is 15.3. The van der Waals surface area contributed by atoms with E-state index in [1.807, 2.05) is 26.8 Å². The van der Waals surface area contributed by atoms with E-state index in [4.69, 9.17) is 11.6 Å². The zero-order valence-corrected chi connectivity index (χ0v) is 19.9. The highest BCUT2D eigenvalue weighted by Crippen LogP contribution is 2.34. The molecule has 0 aliphatic rings. The molecule has 7 heteroatoms. The van der Waals surface area contributed by atoms with E-state index in [0.717, 1.165) is 22.3 Å². The van der Waals surface area contributed by atoms with Crippen molar-refractivity contribution in [3.8, 4) is 0 Å². The van der Waals surface area contributed by atoms with Crippen LogP contribution < -0.4 is 5.32 Å². The molecule has 1 amide bonds. The highest BCUT2D eigenvalue weighted by atomic mass is 35.5. The van der Waals surface area contributed by atoms with Gasteiger partial charge in [0.25, 0.3) is 5.91 Å². The number of pyridine rings is 1. The average Bonchev–Trinajstić information content (AvgIpc) is 3.14. The van der Waals surface area contributed by atoms with Crippen molar-refractivity contribution in [1.82, 2.24) is 9.88 Å². The molecule has 0 aromatic carbocycles. The van der Waals surface area contributed by atoms with Gasteiger partial charge in [0.2, 0.25) is 0 Å². The summed E-state index contributed by atoms with van der Waals surface area (Å²) in [7, 11) is 3.45. The molecule has 158 valence electrons. The zero-order chi connectivity index (χ0) is 21.5. The highest BCUT2D eigenvalue weighted by Gasteiger charge is 2.18. The lowest BCUT2D eigenvalue weighted by atomic mass is 10.2. The number of carbonyl (C=O) groups is 1. The van der Waals surface area contributed by atoms with Gasteiger partial charge in [-0.2, -0.15) is 0 Å². The van der Waals surface area contributed by atoms with Crippen LogP contribution in [0.1, 0.15) is 70.0 Å². The van der Waals surface area contributed by atoms with Gasteiger partial charge in [-0.3, -0.25) is 14.7 Å². The number of hydrogen-bond acceptors (Lipinski definition) is 5. The molecular weight excluding hydrogens is 392 g/mol. The molecule has 1 N–H and O–H groups in total. The van der Waals surface area contributed by atoms with Crippen LogP contribution in [0.4, 0.5) is 5.69 Å². The van der Waals surface area contributed by atoms with Crippen molar-refractivity contribution in [2.75, 3.05) is 26.0 Å². The number of thiophene rings is 1. The molecule has 0 spiro atoms. The molecule has 28 heavy (non-hydrogen) atoms. The number of amides is 1. The van der Waals surface area contributed by atoms with Crippen LogP contribution in [0.3, 0.4) is 0 Å². The molecule has 2 aromatic rings. The van der Waals surface area contributed by atoms with E-state index in [9.17, 15) is 4.79 Å². The third-order valence-electron chi connectivity index (χ3n) is 3.66. The van der Waals surface area contributed by atoms with Crippen molar-refractivity contribution in [2.45, 2.75) is 60.3 Å². The summed E-state index contributed by atoms with van der Waals surface area (Å²) in [6, 6.07) is 1.83. The second-order valence-electron chi connectivity index (χ2n) is 5.79. The Morgan fingerprint density at radius 2 is 1.93 bits per heavy atom. The van der Waals surface area contributed by atoms with Gasteiger partial charge in [0.05, 0.1) is 21.9 Å². The molecule has 0 saturated heterocycles. The Kier molecular flexibility index (Phi) is 14.4. The number of hydrogen-bond donors (Lipinski definition) is 1. The average molecular weight is 427 g/mol. The van der Waals surface area contributed by atoms with Crippen molar-refractivity contribution < 1.29 is 4.79 Å². The van der Waals surface area contributed by atoms with E-state index >= 15 is 0 Å². The lowest BCUT2D eigenvalue weighted by Crippen LogP contribution is -2.29. The van der Waals surface area contributed by atoms with Gasteiger partial charge in [-0.05, 0) is 12.5 Å². The van der Waals surface area contributed by atoms with Gasteiger partial charge in [0.15, 0.2) is 0 Å². The van der Waals surface area contributed by atoms with Gasteiger partial charge in [-0.15, -0.1) is 11.3 Å². The molecule has 2 heterocycles. The van der Waals surface area contributed by atoms with Crippen molar-refractivity contribution >= 4 is 51.1 Å². The van der Waals surface area contributed by atoms with E-state index in [-0.39, 0.29) is 5.91 Å². The normalized spacial score (nSPS) is 10.1. The van der Waals surface area contributed by atoms with Gasteiger partial charge in [0.1, 0.15) is 4.83 Å². The minimum absolute atomic E-state index is 0.0661. The number of nitrogens with one attached hydrogen (secondary N) is 1. The molecular formula is C21H35ClN4OS. The van der Waals surface area contributed by atoms with Gasteiger partial charge in [0, 0.05) is 32.2 Å². The maximum Gasteiger partial charge on any atom is 0.269 e. The van der Waals surface area contributed by atoms with Crippen LogP contribution in [-0.4, -0.2) is 42.8 Å². The van der Waals surface area contributed by atoms with Gasteiger partial charge >= 0.3 is 0 Å². The quantitative estimate of drug-likeness (QED) is 0.394. The van der Waals surface area contributed by atoms with E-state index in [2.05, 4.69) is 29.1 Å². The van der Waals surface area contributed by atoms with Crippen LogP contribution in [0.5, 0.6) is 0 Å². The molecule has 0 radical (unpaired) electrons. The third kappa shape index (κ3) is 7.76. The van der Waals surface area contributed by atoms with E-state index in [1.165, 1.54) is 30.6 Å². The van der Waals surface area contributed by atoms with Gasteiger partial charge < -0.3 is 5.32 Å². The number of nitrogens with zero attached hydrogens (tertiary/aromatic N) is 3. The summed E-state index contributed by atoms with van der Waals surface area (Å²) in [5.74, 6) is -0.0661. The Morgan fingerprint density at radius 3 is 2.39 bits per heavy atom. The molecule has 0 aliphatic heterocycles. The second-order valence-corrected chi connectivity index (χ2v) is 7.22. The number of fused-ring (bicyclic) bond motifs is 1. The predicted octanol–water partition coefficient (Wildman–Crippen LogP) is 6.72. The van der Waals surface area contributed by atoms with Crippen molar-refractivity contribution in [3.05, 3.63) is 22.2 Å². The Morgan fingerprint density at radius 1 is 1.29 bits per heavy atom. The molecule has 5 nitrogen and oxygen atoms in total. The first-order chi connectivity index (χ1) is 13.5. The number of anilines is 1. The number of aliphatic imine (C=N–C) groups is 1. The fourth-order valence-electron chi connectivity index (χ4n) is 2.41. The van der Waals surface area contributed by atoms with Crippen LogP contribution in [0.25, 0.3) is 10.2 Å². The van der Waals surface area contributed by atoms with Crippen LogP contribution >= 0.6 is 22.9 Å². The molecule has 0 unspecified atom stereocenters. The number of unbranched alkanes of at least 4 members (excludes halogenated alkanes) is 2. The van der Waals surface area contributed by atoms with Crippen LogP contribution in [-0.2, 0) is 0 Å². The third-order valence-corrected chi connectivity index (χ3v) is 4.98. The molecule has 0 aliphatic carbocycles. The first kappa shape index (κ1) is 26.3. The van der Waals surface area contributed by atoms with E-state index in [0.29, 0.717) is 16.4 Å². The lowest BCUT2D eigenvalue weighted by molar-refractivity contribution is 0.0856. The Bertz CT molecular complexity index is 729. The summed E-state index contributed by atoms with van der Waals surface area (Å²) in [6.07, 6.45) is 8.11. The van der Waals surface area contributed by atoms with Crippen molar-refractivity contribution in [1.29, 1.82) is 0 Å². The molecule has 0 bridgehead atoms. The lowest BCUT2D eigenvalue weighted by Gasteiger charge is -2.14. The fraction of sp³-hybridized carbons (Fsp3) is 0.571. The van der Waals surface area contributed by atoms with Crippen LogP contribution in [0.2, 0.25) is 5.02 Å². The van der Waals surface area contributed by atoms with E-state index in [1.54, 1.807) is 31.5 Å². The largest absolute Gasteiger partial charge is 0.386 e. The topological polar surface area (TPSA) is 57.6 Å². The zero-order valence-electron chi connectivity index (χ0n) is 18.3. The minimum atomic E-state index is -0.0661. The molecule has 2 rings (SSSR count). The molecule has 0 atom stereocenters. The number of rotatable bonds is 7. The van der Waals surface area contributed by atoms with Crippen LogP contribution in [0, 0.1) is 0 Å². The van der Waals surface area contributed by atoms with Crippen LogP contribution in [0.15, 0.2) is 17.3 Å². The van der Waals surface area contributed by atoms with Crippen molar-refractivity contribution in [2.24, 2.45) is 4.99 Å². The Labute approximate surface area is 179 Å². The predicted molar refractivity (Wildman–Crippen MR) is 126 cm³/mol. The maximum atomic E-state index is 12.5. The highest BCUT2D eigenvalue weighted by molar-refractivity contribution is 7.20. The number of aromatic nitrogens is 1. The summed E-state index contributed by atoms with van der Waals surface area (Å²) in [6.45, 7) is 11.1. The summed E-state index contributed by atoms with van der Waals surface area (Å²) in [4.78, 5) is 23.8. The summed E-state index contributed by atoms with van der Waals surface area (Å²) >= 11 is 7.48. The van der Waals surface area contributed by atoms with Gasteiger partial charge in [-0.1, -0.05) is 65.5 Å². The summed E-state index contributed by atoms with van der Waals surface area (Å²) < 4.78 is 0. The SMILES string of the molecule is CC.CCCCC.CCCN(C=NC)C(=O)c1cc2c(NC)c(Cl)cnc2s1. The standard InChI is InChI=1S/C14H17ClN4OS.C5H12.C2H6/c1-4-5-19(8-16-2)14(20)11-6-9-12(17-3)10(15)7-18-13(9)21-11;1-3-5-4-2;1-2/h6-8H,4-5H2,1-3H3,(H,17,18);3-5H2,1-2H3;1-2H3. The van der Waals surface area contributed by atoms with Gasteiger partial charge in [-0.25, -0.2) is 4.98 Å². The summed E-state index contributed by atoms with van der Waals surface area (Å²) in [5.41, 5.74) is 0.795. The molecule has 0 fully saturated rings. The molecule has 2 aromatic heterocycles. The Balaban J connectivity index is 0.000000906. The minimum Gasteiger partial charge on any atom is -0.386 e. The maximum absolute atomic E-state index is 12.5. The number of halogens is 1. The number of carbonyl (C=O) groups excluding carboxylic acids is 1.